The van der Waals surface area contributed by atoms with E-state index in [2.05, 4.69) is 9.88 Å². The van der Waals surface area contributed by atoms with E-state index in [1.165, 1.54) is 4.57 Å². The lowest BCUT2D eigenvalue weighted by Gasteiger charge is -2.17. The zero-order valence-corrected chi connectivity index (χ0v) is 16.5. The van der Waals surface area contributed by atoms with Crippen LogP contribution in [0.15, 0.2) is 48.7 Å². The van der Waals surface area contributed by atoms with Crippen LogP contribution in [0.3, 0.4) is 0 Å². The fourth-order valence-electron chi connectivity index (χ4n) is 3.69. The van der Waals surface area contributed by atoms with Gasteiger partial charge in [0.05, 0.1) is 0 Å². The summed E-state index contributed by atoms with van der Waals surface area (Å²) in [5.74, 6) is 0.607. The van der Waals surface area contributed by atoms with Crippen molar-refractivity contribution in [3.63, 3.8) is 0 Å². The molecular formula is C22H23N7O. The summed E-state index contributed by atoms with van der Waals surface area (Å²) in [5, 5.41) is 26.6. The lowest BCUT2D eigenvalue weighted by Crippen LogP contribution is -2.29. The summed E-state index contributed by atoms with van der Waals surface area (Å²) in [4.78, 5) is 6.88. The summed E-state index contributed by atoms with van der Waals surface area (Å²) in [6.45, 7) is 2.48. The molecule has 152 valence electrons. The molecule has 0 aliphatic carbocycles. The quantitative estimate of drug-likeness (QED) is 0.444. The number of ether oxygens (including phenoxy) is 1. The molecule has 8 nitrogen and oxygen atoms in total. The Hall–Kier alpha value is -3.54. The Morgan fingerprint density at radius 3 is 2.90 bits per heavy atom. The molecule has 1 unspecified atom stereocenters. The van der Waals surface area contributed by atoms with E-state index < -0.39 is 0 Å². The Kier molecular flexibility index (Phi) is 5.57. The van der Waals surface area contributed by atoms with E-state index in [1.807, 2.05) is 36.5 Å². The summed E-state index contributed by atoms with van der Waals surface area (Å²) in [6.07, 6.45) is 2.81. The average Bonchev–Trinajstić information content (AvgIpc) is 3.17. The normalized spacial score (nSPS) is 16.5. The van der Waals surface area contributed by atoms with E-state index in [-0.39, 0.29) is 24.0 Å². The number of rotatable bonds is 5. The number of nitrogens with two attached hydrogens (primary N) is 1. The molecule has 0 radical (unpaired) electrons. The summed E-state index contributed by atoms with van der Waals surface area (Å²) in [7, 11) is 0. The van der Waals surface area contributed by atoms with Crippen molar-refractivity contribution in [1.29, 1.82) is 16.1 Å². The van der Waals surface area contributed by atoms with E-state index in [9.17, 15) is 0 Å². The minimum Gasteiger partial charge on any atom is -0.476 e. The molecule has 1 aliphatic heterocycles. The number of nitrogens with one attached hydrogen (secondary N) is 2. The largest absolute Gasteiger partial charge is 0.476 e. The molecular weight excluding hydrogens is 378 g/mol. The van der Waals surface area contributed by atoms with Crippen molar-refractivity contribution in [2.24, 2.45) is 5.73 Å². The van der Waals surface area contributed by atoms with Crippen LogP contribution >= 0.6 is 0 Å². The highest BCUT2D eigenvalue weighted by molar-refractivity contribution is 5.98. The van der Waals surface area contributed by atoms with Crippen LogP contribution in [0, 0.1) is 22.1 Å². The second-order valence-electron chi connectivity index (χ2n) is 7.40. The molecule has 0 amide bonds. The van der Waals surface area contributed by atoms with Gasteiger partial charge >= 0.3 is 0 Å². The molecule has 3 aromatic rings. The van der Waals surface area contributed by atoms with Crippen LogP contribution in [-0.2, 0) is 6.54 Å². The number of hydrogen-bond acceptors (Lipinski definition) is 7. The molecule has 3 heterocycles. The van der Waals surface area contributed by atoms with E-state index in [0.717, 1.165) is 37.0 Å². The Balaban J connectivity index is 1.65. The predicted octanol–water partition coefficient (Wildman–Crippen LogP) is 1.82. The molecule has 1 aliphatic rings. The summed E-state index contributed by atoms with van der Waals surface area (Å²) in [6, 6.07) is 14.9. The number of aromatic nitrogens is 2. The summed E-state index contributed by atoms with van der Waals surface area (Å²) in [5.41, 5.74) is 8.23. The van der Waals surface area contributed by atoms with Crippen molar-refractivity contribution in [2.45, 2.75) is 19.0 Å². The highest BCUT2D eigenvalue weighted by Crippen LogP contribution is 2.24. The van der Waals surface area contributed by atoms with Gasteiger partial charge in [0.25, 0.3) is 0 Å². The minimum atomic E-state index is -0.0731. The van der Waals surface area contributed by atoms with Gasteiger partial charge in [-0.25, -0.2) is 4.98 Å². The number of nitrogens with zero attached hydrogens (tertiary/aromatic N) is 4. The molecule has 8 heteroatoms. The van der Waals surface area contributed by atoms with Crippen LogP contribution < -0.4 is 16.0 Å². The van der Waals surface area contributed by atoms with Gasteiger partial charge in [-0.3, -0.25) is 20.3 Å². The molecule has 0 bridgehead atoms. The average molecular weight is 401 g/mol. The topological polar surface area (TPSA) is 128 Å². The molecule has 2 aromatic heterocycles. The van der Waals surface area contributed by atoms with E-state index in [0.29, 0.717) is 17.0 Å². The Bertz CT molecular complexity index is 1190. The molecule has 4 rings (SSSR count). The smallest absolute Gasteiger partial charge is 0.174 e. The fraction of sp³-hybridized carbons (Fsp3) is 0.273. The summed E-state index contributed by atoms with van der Waals surface area (Å²) < 4.78 is 7.01. The Morgan fingerprint density at radius 1 is 1.27 bits per heavy atom. The van der Waals surface area contributed by atoms with Gasteiger partial charge < -0.3 is 10.5 Å². The molecule has 0 spiro atoms. The lowest BCUT2D eigenvalue weighted by atomic mass is 10.1. The fourth-order valence-corrected chi connectivity index (χ4v) is 3.69. The molecule has 4 N–H and O–H groups in total. The van der Waals surface area contributed by atoms with Crippen LogP contribution in [-0.4, -0.2) is 46.0 Å². The molecule has 1 aromatic carbocycles. The number of likely N-dealkylation sites (tertiary alicyclic amines) is 1. The maximum atomic E-state index is 8.80. The van der Waals surface area contributed by atoms with Gasteiger partial charge in [-0.2, -0.15) is 5.26 Å². The Morgan fingerprint density at radius 2 is 2.13 bits per heavy atom. The first-order valence-corrected chi connectivity index (χ1v) is 9.78. The number of para-hydroxylation sites is 1. The summed E-state index contributed by atoms with van der Waals surface area (Å²) >= 11 is 0. The third kappa shape index (κ3) is 4.08. The lowest BCUT2D eigenvalue weighted by molar-refractivity contribution is 0.326. The van der Waals surface area contributed by atoms with Gasteiger partial charge in [-0.15, -0.1) is 0 Å². The molecule has 1 atom stereocenters. The van der Waals surface area contributed by atoms with E-state index in [1.54, 1.807) is 18.2 Å². The monoisotopic (exact) mass is 401 g/mol. The SMILES string of the molecule is N#CCOc1cccc2ccc(C(=N)n3cc(CN4CCC(N)C4)ccc3=N)nc12. The second kappa shape index (κ2) is 8.45. The van der Waals surface area contributed by atoms with Crippen LogP contribution in [0.1, 0.15) is 17.7 Å². The van der Waals surface area contributed by atoms with E-state index in [4.69, 9.17) is 26.6 Å². The van der Waals surface area contributed by atoms with Gasteiger partial charge in [-0.1, -0.05) is 24.3 Å². The van der Waals surface area contributed by atoms with Crippen molar-refractivity contribution in [3.8, 4) is 11.8 Å². The van der Waals surface area contributed by atoms with Crippen LogP contribution in [0.5, 0.6) is 5.75 Å². The predicted molar refractivity (Wildman–Crippen MR) is 113 cm³/mol. The van der Waals surface area contributed by atoms with Crippen molar-refractivity contribution in [2.75, 3.05) is 19.7 Å². The number of nitriles is 1. The minimum absolute atomic E-state index is 0.0731. The van der Waals surface area contributed by atoms with Gasteiger partial charge in [0.15, 0.2) is 12.4 Å². The molecule has 30 heavy (non-hydrogen) atoms. The molecule has 1 fully saturated rings. The number of hydrogen-bond donors (Lipinski definition) is 3. The van der Waals surface area contributed by atoms with Crippen molar-refractivity contribution in [1.82, 2.24) is 14.5 Å². The number of fused-ring (bicyclic) bond motifs is 1. The third-order valence-electron chi connectivity index (χ3n) is 5.18. The Labute approximate surface area is 174 Å². The number of pyridine rings is 2. The highest BCUT2D eigenvalue weighted by atomic mass is 16.5. The van der Waals surface area contributed by atoms with Crippen molar-refractivity contribution in [3.05, 3.63) is 65.4 Å². The van der Waals surface area contributed by atoms with Gasteiger partial charge in [0.2, 0.25) is 0 Å². The van der Waals surface area contributed by atoms with Crippen LogP contribution in [0.4, 0.5) is 0 Å². The number of benzene rings is 1. The van der Waals surface area contributed by atoms with Crippen molar-refractivity contribution >= 4 is 16.7 Å². The molecule has 0 saturated carbocycles. The van der Waals surface area contributed by atoms with Gasteiger partial charge in [-0.05, 0) is 30.2 Å². The van der Waals surface area contributed by atoms with Crippen LogP contribution in [0.25, 0.3) is 10.9 Å². The molecule has 1 saturated heterocycles. The second-order valence-corrected chi connectivity index (χ2v) is 7.40. The van der Waals surface area contributed by atoms with Gasteiger partial charge in [0, 0.05) is 37.3 Å². The first kappa shape index (κ1) is 19.8. The standard InChI is InChI=1S/C22H23N7O/c23-9-11-30-19-3-1-2-16-5-6-18(27-21(16)19)22(26)29-13-15(4-7-20(29)25)12-28-10-8-17(24)14-28/h1-7,13,17,25-26H,8,10-12,14,24H2. The zero-order valence-electron chi connectivity index (χ0n) is 16.5. The maximum Gasteiger partial charge on any atom is 0.174 e. The highest BCUT2D eigenvalue weighted by Gasteiger charge is 2.19. The van der Waals surface area contributed by atoms with Crippen LogP contribution in [0.2, 0.25) is 0 Å². The van der Waals surface area contributed by atoms with Gasteiger partial charge in [0.1, 0.15) is 28.5 Å². The maximum absolute atomic E-state index is 8.80. The third-order valence-corrected chi connectivity index (χ3v) is 5.18. The zero-order chi connectivity index (χ0) is 21.1. The first-order chi connectivity index (χ1) is 14.5. The van der Waals surface area contributed by atoms with E-state index >= 15 is 0 Å². The van der Waals surface area contributed by atoms with Crippen molar-refractivity contribution < 1.29 is 4.74 Å². The first-order valence-electron chi connectivity index (χ1n) is 9.78.